The fourth-order valence-corrected chi connectivity index (χ4v) is 3.00. The second-order valence-corrected chi connectivity index (χ2v) is 6.07. The highest BCUT2D eigenvalue weighted by atomic mass is 19.4. The topological polar surface area (TPSA) is 48.4 Å². The van der Waals surface area contributed by atoms with Gasteiger partial charge in [-0.3, -0.25) is 9.78 Å². The van der Waals surface area contributed by atoms with Gasteiger partial charge in [0, 0.05) is 12.3 Å². The van der Waals surface area contributed by atoms with Gasteiger partial charge < -0.3 is 9.47 Å². The summed E-state index contributed by atoms with van der Waals surface area (Å²) in [4.78, 5) is 15.1. The van der Waals surface area contributed by atoms with Crippen molar-refractivity contribution in [2.75, 3.05) is 6.61 Å². The maximum atomic E-state index is 12.7. The summed E-state index contributed by atoms with van der Waals surface area (Å²) in [7, 11) is 0. The molecule has 1 aromatic rings. The van der Waals surface area contributed by atoms with Crippen LogP contribution in [0.25, 0.3) is 0 Å². The molecule has 1 aliphatic rings. The fraction of sp³-hybridized carbons (Fsp3) is 0.647. The first-order valence-corrected chi connectivity index (χ1v) is 8.17. The molecule has 1 fully saturated rings. The third kappa shape index (κ3) is 4.85. The van der Waals surface area contributed by atoms with Crippen LogP contribution in [0, 0.1) is 11.8 Å². The lowest BCUT2D eigenvalue weighted by atomic mass is 9.80. The quantitative estimate of drug-likeness (QED) is 0.749. The number of hydrogen-bond acceptors (Lipinski definition) is 4. The van der Waals surface area contributed by atoms with E-state index in [0.29, 0.717) is 19.4 Å². The van der Waals surface area contributed by atoms with Gasteiger partial charge in [-0.25, -0.2) is 0 Å². The molecule has 2 rings (SSSR count). The Morgan fingerprint density at radius 3 is 2.58 bits per heavy atom. The second-order valence-electron chi connectivity index (χ2n) is 6.07. The van der Waals surface area contributed by atoms with Crippen molar-refractivity contribution in [2.24, 2.45) is 11.8 Å². The number of carbonyl (C=O) groups is 1. The molecule has 134 valence electrons. The van der Waals surface area contributed by atoms with Crippen LogP contribution < -0.4 is 4.74 Å². The third-order valence-electron chi connectivity index (χ3n) is 4.41. The Morgan fingerprint density at radius 1 is 1.33 bits per heavy atom. The van der Waals surface area contributed by atoms with Crippen molar-refractivity contribution in [3.63, 3.8) is 0 Å². The number of nitrogens with zero attached hydrogens (tertiary/aromatic N) is 1. The molecule has 0 aromatic carbocycles. The summed E-state index contributed by atoms with van der Waals surface area (Å²) >= 11 is 0. The van der Waals surface area contributed by atoms with E-state index in [0.717, 1.165) is 25.1 Å². The van der Waals surface area contributed by atoms with Gasteiger partial charge in [-0.1, -0.05) is 6.92 Å². The molecule has 0 amide bonds. The van der Waals surface area contributed by atoms with E-state index in [-0.39, 0.29) is 29.7 Å². The van der Waals surface area contributed by atoms with Crippen molar-refractivity contribution in [1.29, 1.82) is 0 Å². The van der Waals surface area contributed by atoms with E-state index >= 15 is 0 Å². The Morgan fingerprint density at radius 2 is 2.00 bits per heavy atom. The van der Waals surface area contributed by atoms with Crippen molar-refractivity contribution in [1.82, 2.24) is 4.98 Å². The van der Waals surface area contributed by atoms with Crippen molar-refractivity contribution in [2.45, 2.75) is 51.8 Å². The number of esters is 1. The average Bonchev–Trinajstić information content (AvgIpc) is 2.54. The van der Waals surface area contributed by atoms with Crippen molar-refractivity contribution in [3.05, 3.63) is 24.0 Å². The minimum atomic E-state index is -4.48. The number of rotatable bonds is 5. The largest absolute Gasteiger partial charge is 0.490 e. The summed E-state index contributed by atoms with van der Waals surface area (Å²) in [5.74, 6) is 0.0563. The number of aromatic nitrogens is 1. The minimum absolute atomic E-state index is 0.140. The Bertz CT molecular complexity index is 554. The molecule has 0 saturated heterocycles. The number of pyridine rings is 1. The Kier molecular flexibility index (Phi) is 6.07. The summed E-state index contributed by atoms with van der Waals surface area (Å²) in [6.07, 6.45) is -0.516. The van der Waals surface area contributed by atoms with E-state index in [1.165, 1.54) is 6.07 Å². The Hall–Kier alpha value is -1.79. The fourth-order valence-electron chi connectivity index (χ4n) is 3.00. The van der Waals surface area contributed by atoms with Gasteiger partial charge in [-0.2, -0.15) is 13.2 Å². The molecule has 24 heavy (non-hydrogen) atoms. The van der Waals surface area contributed by atoms with Crippen LogP contribution in [0.15, 0.2) is 18.3 Å². The van der Waals surface area contributed by atoms with Gasteiger partial charge in [0.15, 0.2) is 0 Å². The van der Waals surface area contributed by atoms with Crippen LogP contribution in [0.5, 0.6) is 5.75 Å². The van der Waals surface area contributed by atoms with Gasteiger partial charge in [0.2, 0.25) is 0 Å². The average molecular weight is 345 g/mol. The van der Waals surface area contributed by atoms with Crippen molar-refractivity contribution < 1.29 is 27.4 Å². The van der Waals surface area contributed by atoms with E-state index in [9.17, 15) is 18.0 Å². The van der Waals surface area contributed by atoms with Crippen LogP contribution >= 0.6 is 0 Å². The van der Waals surface area contributed by atoms with E-state index in [2.05, 4.69) is 4.98 Å². The van der Waals surface area contributed by atoms with Crippen LogP contribution in [0.1, 0.15) is 45.2 Å². The Balaban J connectivity index is 1.88. The lowest BCUT2D eigenvalue weighted by Gasteiger charge is -2.31. The molecule has 4 nitrogen and oxygen atoms in total. The predicted molar refractivity (Wildman–Crippen MR) is 81.4 cm³/mol. The summed E-state index contributed by atoms with van der Waals surface area (Å²) in [6, 6.07) is 2.36. The molecule has 1 unspecified atom stereocenters. The first kappa shape index (κ1) is 18.5. The van der Waals surface area contributed by atoms with E-state index < -0.39 is 11.9 Å². The first-order valence-electron chi connectivity index (χ1n) is 8.17. The van der Waals surface area contributed by atoms with Crippen molar-refractivity contribution in [3.8, 4) is 5.75 Å². The highest BCUT2D eigenvalue weighted by Gasteiger charge is 2.33. The van der Waals surface area contributed by atoms with Gasteiger partial charge in [-0.15, -0.1) is 0 Å². The predicted octanol–water partition coefficient (Wildman–Crippen LogP) is 4.24. The Labute approximate surface area is 139 Å². The van der Waals surface area contributed by atoms with Crippen molar-refractivity contribution >= 4 is 5.97 Å². The van der Waals surface area contributed by atoms with Crippen LogP contribution in [-0.2, 0) is 15.7 Å². The summed E-state index contributed by atoms with van der Waals surface area (Å²) in [5.41, 5.74) is -0.954. The lowest BCUT2D eigenvalue weighted by molar-refractivity contribution is -0.150. The molecule has 0 bridgehead atoms. The molecule has 1 aliphatic carbocycles. The van der Waals surface area contributed by atoms with Gasteiger partial charge >= 0.3 is 12.1 Å². The highest BCUT2D eigenvalue weighted by molar-refractivity contribution is 5.72. The van der Waals surface area contributed by atoms with Gasteiger partial charge in [-0.05, 0) is 44.6 Å². The van der Waals surface area contributed by atoms with Gasteiger partial charge in [0.05, 0.1) is 18.6 Å². The van der Waals surface area contributed by atoms with E-state index in [1.54, 1.807) is 6.92 Å². The third-order valence-corrected chi connectivity index (χ3v) is 4.41. The molecule has 1 saturated carbocycles. The standard InChI is InChI=1S/C17H22F3NO3/c1-3-23-16(22)11(2)12-4-6-13(7-5-12)24-14-8-9-21-15(10-14)17(18,19)20/h8-13H,3-7H2,1-2H3/t11?,12-,13-. The molecule has 0 aliphatic heterocycles. The first-order chi connectivity index (χ1) is 11.3. The molecule has 1 heterocycles. The molecule has 7 heteroatoms. The van der Waals surface area contributed by atoms with Crippen LogP contribution in [0.3, 0.4) is 0 Å². The molecule has 1 atom stereocenters. The number of hydrogen-bond donors (Lipinski definition) is 0. The maximum absolute atomic E-state index is 12.7. The number of ether oxygens (including phenoxy) is 2. The van der Waals surface area contributed by atoms with Crippen LogP contribution in [0.4, 0.5) is 13.2 Å². The number of carbonyl (C=O) groups excluding carboxylic acids is 1. The lowest BCUT2D eigenvalue weighted by Crippen LogP contribution is -2.31. The zero-order valence-corrected chi connectivity index (χ0v) is 13.8. The minimum Gasteiger partial charge on any atom is -0.490 e. The van der Waals surface area contributed by atoms with Gasteiger partial charge in [0.1, 0.15) is 11.4 Å². The molecular weight excluding hydrogens is 323 g/mol. The summed E-state index contributed by atoms with van der Waals surface area (Å²) in [5, 5.41) is 0. The molecule has 0 spiro atoms. The zero-order chi connectivity index (χ0) is 17.7. The monoisotopic (exact) mass is 345 g/mol. The normalized spacial score (nSPS) is 22.7. The van der Waals surface area contributed by atoms with E-state index in [4.69, 9.17) is 9.47 Å². The zero-order valence-electron chi connectivity index (χ0n) is 13.8. The SMILES string of the molecule is CCOC(=O)C(C)[C@H]1CC[C@H](Oc2ccnc(C(F)(F)F)c2)CC1. The smallest absolute Gasteiger partial charge is 0.433 e. The molecule has 0 N–H and O–H groups in total. The van der Waals surface area contributed by atoms with E-state index in [1.807, 2.05) is 6.92 Å². The van der Waals surface area contributed by atoms with Crippen LogP contribution in [0.2, 0.25) is 0 Å². The summed E-state index contributed by atoms with van der Waals surface area (Å²) < 4.78 is 48.7. The number of halogens is 3. The highest BCUT2D eigenvalue weighted by Crippen LogP contribution is 2.34. The maximum Gasteiger partial charge on any atom is 0.433 e. The second kappa shape index (κ2) is 7.85. The molecular formula is C17H22F3NO3. The van der Waals surface area contributed by atoms with Gasteiger partial charge in [0.25, 0.3) is 0 Å². The van der Waals surface area contributed by atoms with Crippen LogP contribution in [-0.4, -0.2) is 23.7 Å². The molecule has 1 aromatic heterocycles. The number of alkyl halides is 3. The molecule has 0 radical (unpaired) electrons. The summed E-state index contributed by atoms with van der Waals surface area (Å²) in [6.45, 7) is 4.01.